The number of esters is 2. The van der Waals surface area contributed by atoms with Gasteiger partial charge in [0, 0.05) is 44.8 Å². The zero-order chi connectivity index (χ0) is 31.5. The number of alkyl carbamates (subject to hydrolysis) is 1. The Bertz CT molecular complexity index is 996. The van der Waals surface area contributed by atoms with E-state index in [0.29, 0.717) is 19.3 Å². The van der Waals surface area contributed by atoms with Crippen LogP contribution in [0.15, 0.2) is 59.8 Å². The van der Waals surface area contributed by atoms with Crippen LogP contribution < -0.4 is 5.32 Å². The average molecular weight is 590 g/mol. The maximum atomic E-state index is 12.9. The molecule has 0 fully saturated rings. The second-order valence-corrected chi connectivity index (χ2v) is 10.6. The summed E-state index contributed by atoms with van der Waals surface area (Å²) in [5.41, 5.74) is 1.96. The number of ether oxygens (including phenoxy) is 5. The predicted octanol–water partition coefficient (Wildman–Crippen LogP) is 6.22. The van der Waals surface area contributed by atoms with Gasteiger partial charge in [0.25, 0.3) is 0 Å². The molecule has 1 amide bonds. The molecular formula is C33H51NO8. The first-order valence-corrected chi connectivity index (χ1v) is 14.7. The number of amides is 1. The summed E-state index contributed by atoms with van der Waals surface area (Å²) < 4.78 is 27.6. The Balaban J connectivity index is 3.29. The zero-order valence-corrected chi connectivity index (χ0v) is 26.6. The lowest BCUT2D eigenvalue weighted by atomic mass is 9.84. The molecule has 1 N–H and O–H groups in total. The van der Waals surface area contributed by atoms with E-state index >= 15 is 0 Å². The van der Waals surface area contributed by atoms with E-state index < -0.39 is 18.3 Å². The monoisotopic (exact) mass is 589 g/mol. The summed E-state index contributed by atoms with van der Waals surface area (Å²) >= 11 is 0. The van der Waals surface area contributed by atoms with Crippen LogP contribution in [0.25, 0.3) is 0 Å². The van der Waals surface area contributed by atoms with Gasteiger partial charge in [-0.05, 0) is 44.8 Å². The van der Waals surface area contributed by atoms with Crippen molar-refractivity contribution >= 4 is 18.0 Å². The number of cyclic esters (lactones) is 1. The third-order valence-corrected chi connectivity index (χ3v) is 7.37. The number of methoxy groups -OCH3 is 2. The van der Waals surface area contributed by atoms with Crippen molar-refractivity contribution in [2.24, 2.45) is 17.8 Å². The molecule has 6 atom stereocenters. The molecule has 0 bridgehead atoms. The minimum absolute atomic E-state index is 0.0313. The normalized spacial score (nSPS) is 29.2. The molecule has 0 aliphatic carbocycles. The lowest BCUT2D eigenvalue weighted by Crippen LogP contribution is -2.40. The summed E-state index contributed by atoms with van der Waals surface area (Å²) in [5.74, 6) is -0.845. The molecule has 0 radical (unpaired) electrons. The number of rotatable bonds is 10. The zero-order valence-electron chi connectivity index (χ0n) is 26.6. The molecule has 236 valence electrons. The van der Waals surface area contributed by atoms with Crippen molar-refractivity contribution in [3.05, 3.63) is 59.8 Å². The molecule has 42 heavy (non-hydrogen) atoms. The van der Waals surface area contributed by atoms with Crippen LogP contribution in [0.3, 0.4) is 0 Å². The first-order valence-electron chi connectivity index (χ1n) is 14.7. The van der Waals surface area contributed by atoms with Gasteiger partial charge in [-0.3, -0.25) is 9.59 Å². The fourth-order valence-electron chi connectivity index (χ4n) is 4.66. The molecular weight excluding hydrogens is 538 g/mol. The van der Waals surface area contributed by atoms with Gasteiger partial charge in [-0.1, -0.05) is 68.9 Å². The van der Waals surface area contributed by atoms with E-state index in [-0.39, 0.29) is 49.0 Å². The SMILES string of the molecule is CNC(=O)OC1/C=C\C=C/[C@H](C)C(/C(C)=C/C=C/CCCC(=O)OC)OC(=O)CC/C=C(\C)C(C)[C@H](OCOC)C1C. The van der Waals surface area contributed by atoms with Crippen LogP contribution in [-0.4, -0.2) is 64.4 Å². The molecule has 1 aliphatic rings. The summed E-state index contributed by atoms with van der Waals surface area (Å²) in [5, 5.41) is 2.52. The maximum Gasteiger partial charge on any atom is 0.407 e. The molecule has 0 saturated carbocycles. The Morgan fingerprint density at radius 1 is 1.14 bits per heavy atom. The van der Waals surface area contributed by atoms with Crippen molar-refractivity contribution in [1.29, 1.82) is 0 Å². The Hall–Kier alpha value is -3.17. The smallest absolute Gasteiger partial charge is 0.407 e. The highest BCUT2D eigenvalue weighted by Gasteiger charge is 2.32. The number of carbonyl (C=O) groups excluding carboxylic acids is 3. The standard InChI is InChI=1S/C33H51NO8/c1-23-18-15-21-30(36)42-31(24(2)16-11-9-10-12-20-29(35)39-8)25(3)17-13-14-19-28(41-33(37)34-6)27(5)32(26(23)4)40-22-38-7/h9,11,13-14,16-19,25-28,31-32H,10,12,15,20-22H2,1-8H3,(H,34,37)/b11-9+,17-13-,19-14-,23-18+,24-16+/t25-,26?,27?,28?,31?,32-/m0/s1. The second kappa shape index (κ2) is 20.7. The van der Waals surface area contributed by atoms with Crippen molar-refractivity contribution in [2.45, 2.75) is 85.0 Å². The lowest BCUT2D eigenvalue weighted by Gasteiger charge is -2.33. The molecule has 1 aliphatic heterocycles. The Kier molecular flexibility index (Phi) is 18.1. The molecule has 0 aromatic carbocycles. The molecule has 1 heterocycles. The van der Waals surface area contributed by atoms with Crippen molar-refractivity contribution in [3.8, 4) is 0 Å². The Morgan fingerprint density at radius 3 is 2.52 bits per heavy atom. The highest BCUT2D eigenvalue weighted by molar-refractivity contribution is 5.70. The average Bonchev–Trinajstić information content (AvgIpc) is 2.97. The number of carbonyl (C=O) groups is 3. The quantitative estimate of drug-likeness (QED) is 0.0799. The largest absolute Gasteiger partial charge is 0.469 e. The first-order chi connectivity index (χ1) is 20.0. The van der Waals surface area contributed by atoms with Gasteiger partial charge in [-0.25, -0.2) is 4.79 Å². The third kappa shape index (κ3) is 13.7. The van der Waals surface area contributed by atoms with Crippen molar-refractivity contribution in [3.63, 3.8) is 0 Å². The van der Waals surface area contributed by atoms with Crippen molar-refractivity contribution in [2.75, 3.05) is 28.1 Å². The van der Waals surface area contributed by atoms with Crippen LogP contribution in [0.5, 0.6) is 0 Å². The molecule has 4 unspecified atom stereocenters. The molecule has 0 saturated heterocycles. The summed E-state index contributed by atoms with van der Waals surface area (Å²) in [4.78, 5) is 36.4. The van der Waals surface area contributed by atoms with Gasteiger partial charge in [0.1, 0.15) is 19.0 Å². The van der Waals surface area contributed by atoms with E-state index in [9.17, 15) is 14.4 Å². The van der Waals surface area contributed by atoms with E-state index in [4.69, 9.17) is 18.9 Å². The summed E-state index contributed by atoms with van der Waals surface area (Å²) in [7, 11) is 4.48. The lowest BCUT2D eigenvalue weighted by molar-refractivity contribution is -0.148. The number of nitrogens with one attached hydrogen (secondary N) is 1. The van der Waals surface area contributed by atoms with Crippen LogP contribution in [0.1, 0.15) is 66.7 Å². The number of unbranched alkanes of at least 4 members (excludes halogenated alkanes) is 1. The fourth-order valence-corrected chi connectivity index (χ4v) is 4.66. The van der Waals surface area contributed by atoms with Gasteiger partial charge < -0.3 is 29.0 Å². The maximum absolute atomic E-state index is 12.9. The minimum atomic E-state index is -0.561. The van der Waals surface area contributed by atoms with Gasteiger partial charge in [0.05, 0.1) is 13.2 Å². The predicted molar refractivity (Wildman–Crippen MR) is 163 cm³/mol. The summed E-state index contributed by atoms with van der Waals surface area (Å²) in [6.07, 6.45) is 16.1. The first kappa shape index (κ1) is 36.9. The van der Waals surface area contributed by atoms with E-state index in [1.807, 2.05) is 76.3 Å². The van der Waals surface area contributed by atoms with Gasteiger partial charge in [0.2, 0.25) is 0 Å². The molecule has 0 spiro atoms. The van der Waals surface area contributed by atoms with Crippen molar-refractivity contribution in [1.82, 2.24) is 5.32 Å². The minimum Gasteiger partial charge on any atom is -0.469 e. The van der Waals surface area contributed by atoms with Gasteiger partial charge in [-0.15, -0.1) is 0 Å². The van der Waals surface area contributed by atoms with E-state index in [1.54, 1.807) is 7.11 Å². The molecule has 0 aromatic heterocycles. The highest BCUT2D eigenvalue weighted by Crippen LogP contribution is 2.29. The Morgan fingerprint density at radius 2 is 1.86 bits per heavy atom. The summed E-state index contributed by atoms with van der Waals surface area (Å²) in [6, 6.07) is 0. The number of allylic oxidation sites excluding steroid dienone is 6. The van der Waals surface area contributed by atoms with Crippen molar-refractivity contribution < 1.29 is 38.1 Å². The van der Waals surface area contributed by atoms with E-state index in [1.165, 1.54) is 14.2 Å². The summed E-state index contributed by atoms with van der Waals surface area (Å²) in [6.45, 7) is 10.1. The third-order valence-electron chi connectivity index (χ3n) is 7.37. The van der Waals surface area contributed by atoms with Crippen LogP contribution >= 0.6 is 0 Å². The van der Waals surface area contributed by atoms with E-state index in [2.05, 4.69) is 17.0 Å². The van der Waals surface area contributed by atoms with Crippen LogP contribution in [0.2, 0.25) is 0 Å². The Labute approximate surface area is 252 Å². The van der Waals surface area contributed by atoms with Gasteiger partial charge in [-0.2, -0.15) is 0 Å². The van der Waals surface area contributed by atoms with Crippen LogP contribution in [-0.2, 0) is 33.3 Å². The van der Waals surface area contributed by atoms with Crippen LogP contribution in [0, 0.1) is 17.8 Å². The number of hydrogen-bond acceptors (Lipinski definition) is 8. The molecule has 9 nitrogen and oxygen atoms in total. The second-order valence-electron chi connectivity index (χ2n) is 10.6. The topological polar surface area (TPSA) is 109 Å². The highest BCUT2D eigenvalue weighted by atomic mass is 16.7. The molecule has 1 rings (SSSR count). The fraction of sp³-hybridized carbons (Fsp3) is 0.606. The van der Waals surface area contributed by atoms with Crippen LogP contribution in [0.4, 0.5) is 4.79 Å². The van der Waals surface area contributed by atoms with Gasteiger partial charge in [0.15, 0.2) is 0 Å². The van der Waals surface area contributed by atoms with Gasteiger partial charge >= 0.3 is 18.0 Å². The number of hydrogen-bond donors (Lipinski definition) is 1. The van der Waals surface area contributed by atoms with E-state index in [0.717, 1.165) is 17.6 Å². The molecule has 0 aromatic rings. The molecule has 9 heteroatoms.